The van der Waals surface area contributed by atoms with Crippen LogP contribution in [0.3, 0.4) is 0 Å². The monoisotopic (exact) mass is 1250 g/mol. The minimum atomic E-state index is -5.08. The molecule has 1 fully saturated rings. The number of thioether (sulfide) groups is 1. The highest BCUT2D eigenvalue weighted by atomic mass is 32.2. The number of carboxylic acid groups (broad SMARTS) is 3. The first kappa shape index (κ1) is 72.3. The summed E-state index contributed by atoms with van der Waals surface area (Å²) in [4.78, 5) is 165. The Labute approximate surface area is 498 Å². The van der Waals surface area contributed by atoms with Crippen LogP contribution < -0.4 is 32.3 Å². The summed E-state index contributed by atoms with van der Waals surface area (Å²) >= 11 is 1.04. The highest BCUT2D eigenvalue weighted by Gasteiger charge is 2.39. The average Bonchev–Trinajstić information content (AvgIpc) is 1.76. The molecule has 10 N–H and O–H groups in total. The van der Waals surface area contributed by atoms with E-state index in [2.05, 4.69) is 26.6 Å². The molecule has 476 valence electrons. The topological polar surface area (TPSA) is 389 Å². The maximum Gasteiger partial charge on any atom is 0.490 e. The second kappa shape index (κ2) is 33.7. The Bertz CT molecular complexity index is 3000. The van der Waals surface area contributed by atoms with E-state index >= 15 is 4.39 Å². The largest absolute Gasteiger partial charge is 0.490 e. The van der Waals surface area contributed by atoms with Crippen LogP contribution in [0.25, 0.3) is 11.1 Å². The van der Waals surface area contributed by atoms with Crippen LogP contribution in [0.1, 0.15) is 110 Å². The van der Waals surface area contributed by atoms with Crippen molar-refractivity contribution in [3.8, 4) is 11.1 Å². The van der Waals surface area contributed by atoms with Gasteiger partial charge in [-0.3, -0.25) is 47.9 Å². The van der Waals surface area contributed by atoms with Crippen LogP contribution in [-0.2, 0) is 73.7 Å². The van der Waals surface area contributed by atoms with Gasteiger partial charge in [0.15, 0.2) is 0 Å². The van der Waals surface area contributed by atoms with Gasteiger partial charge >= 0.3 is 30.1 Å². The van der Waals surface area contributed by atoms with Gasteiger partial charge in [-0.25, -0.2) is 23.2 Å². The molecule has 1 aliphatic rings. The summed E-state index contributed by atoms with van der Waals surface area (Å²) in [5.74, 6) is -15.0. The van der Waals surface area contributed by atoms with Gasteiger partial charge in [-0.15, -0.1) is 5.06 Å². The summed E-state index contributed by atoms with van der Waals surface area (Å²) in [6, 6.07) is 7.39. The molecule has 26 nitrogen and oxygen atoms in total. The standard InChI is InChI=1S/C53H67F2N9O15S.C2HF3O2/c1-30(58-41(66)13-9-14-47(73)79-64-43(68)17-18-44(64)69)49(74)59-31(2)50(75)61-37(25-40(56)65)51(76)57-20-10-21-63(45(70)29-80-22-19-42(67)60-38(52(77)78)26-46(71)72)48(53(3,4)5)39-23-33(35-24-34(54)15-16-36(35)55)28-62(39)27-32-11-7-6-8-12-32;3-2(4,5)1(6)7/h6-8,11-12,15-16,23-24,28,30-31,37-38,48H,9-10,13-14,17-22,25-27,29H2,1-5H3,(H2,56,65)(H,57,76)(H,58,66)(H,59,74)(H,60,67)(H,61,75)(H,71,72)(H,77,78);(H,6,7)/t30-,31+,37-,38+,48-;/m0./s1. The lowest BCUT2D eigenvalue weighted by Crippen LogP contribution is -2.56. The fourth-order valence-electron chi connectivity index (χ4n) is 8.33. The van der Waals surface area contributed by atoms with E-state index < -0.39 is 143 Å². The van der Waals surface area contributed by atoms with Crippen molar-refractivity contribution in [2.24, 2.45) is 11.1 Å². The number of nitrogens with one attached hydrogen (secondary N) is 5. The molecule has 32 heteroatoms. The number of amides is 9. The quantitative estimate of drug-likeness (QED) is 0.0254. The SMILES string of the molecule is C[C@H](NC(=O)CCCC(=O)ON1C(=O)CCC1=O)C(=O)N[C@H](C)C(=O)N[C@@H](CC(N)=O)C(=O)NCCCN(C(=O)CSCCC(=O)N[C@H](CC(=O)O)C(=O)O)[C@@H](c1cc(-c2cc(F)ccc2F)cn1Cc1ccccc1)C(C)(C)C.O=C(O)C(F)(F)F. The van der Waals surface area contributed by atoms with Crippen molar-refractivity contribution in [2.75, 3.05) is 24.6 Å². The Morgan fingerprint density at radius 2 is 1.34 bits per heavy atom. The molecule has 0 aliphatic carbocycles. The Morgan fingerprint density at radius 3 is 1.92 bits per heavy atom. The summed E-state index contributed by atoms with van der Waals surface area (Å²) in [7, 11) is 0. The van der Waals surface area contributed by atoms with Gasteiger partial charge in [-0.2, -0.15) is 24.9 Å². The third-order valence-electron chi connectivity index (χ3n) is 12.5. The maximum absolute atomic E-state index is 15.4. The lowest BCUT2D eigenvalue weighted by atomic mass is 9.83. The molecule has 1 aliphatic heterocycles. The molecule has 9 amide bonds. The molecule has 1 aromatic heterocycles. The molecule has 5 atom stereocenters. The zero-order valence-electron chi connectivity index (χ0n) is 47.8. The van der Waals surface area contributed by atoms with Crippen LogP contribution in [0.15, 0.2) is 60.8 Å². The number of aromatic nitrogens is 1. The van der Waals surface area contributed by atoms with E-state index in [9.17, 15) is 80.2 Å². The molecule has 0 radical (unpaired) electrons. The Morgan fingerprint density at radius 1 is 0.747 bits per heavy atom. The molecule has 3 aromatic rings. The van der Waals surface area contributed by atoms with Gasteiger partial charge in [0, 0.05) is 80.5 Å². The first-order valence-electron chi connectivity index (χ1n) is 26.7. The first-order valence-corrected chi connectivity index (χ1v) is 27.9. The van der Waals surface area contributed by atoms with Gasteiger partial charge in [0.2, 0.25) is 41.4 Å². The number of halogens is 5. The number of rotatable bonds is 31. The van der Waals surface area contributed by atoms with Gasteiger partial charge in [0.25, 0.3) is 11.8 Å². The number of benzene rings is 2. The fraction of sp³-hybridized carbons (Fsp3) is 0.473. The molecule has 4 rings (SSSR count). The average molecular weight is 1250 g/mol. The van der Waals surface area contributed by atoms with E-state index in [0.717, 1.165) is 35.5 Å². The number of hydrogen-bond acceptors (Lipinski definition) is 15. The van der Waals surface area contributed by atoms with Gasteiger partial charge in [0.05, 0.1) is 24.6 Å². The number of alkyl halides is 3. The van der Waals surface area contributed by atoms with Gasteiger partial charge in [-0.1, -0.05) is 51.1 Å². The molecule has 0 unspecified atom stereocenters. The van der Waals surface area contributed by atoms with E-state index in [0.29, 0.717) is 16.3 Å². The zero-order valence-corrected chi connectivity index (χ0v) is 48.7. The normalized spacial score (nSPS) is 13.9. The molecule has 0 spiro atoms. The number of nitrogens with two attached hydrogens (primary N) is 1. The van der Waals surface area contributed by atoms with Crippen molar-refractivity contribution in [1.29, 1.82) is 0 Å². The van der Waals surface area contributed by atoms with Crippen molar-refractivity contribution in [2.45, 2.75) is 135 Å². The van der Waals surface area contributed by atoms with Crippen LogP contribution in [-0.4, -0.2) is 162 Å². The van der Waals surface area contributed by atoms with Crippen molar-refractivity contribution in [3.05, 3.63) is 83.7 Å². The Kier molecular flexibility index (Phi) is 28.0. The highest BCUT2D eigenvalue weighted by Crippen LogP contribution is 2.41. The van der Waals surface area contributed by atoms with E-state index in [1.165, 1.54) is 13.8 Å². The number of primary amides is 1. The van der Waals surface area contributed by atoms with Crippen molar-refractivity contribution >= 4 is 88.8 Å². The minimum Gasteiger partial charge on any atom is -0.481 e. The molecule has 0 bridgehead atoms. The number of aliphatic carboxylic acids is 3. The van der Waals surface area contributed by atoms with Crippen molar-refractivity contribution in [3.63, 3.8) is 0 Å². The van der Waals surface area contributed by atoms with Crippen molar-refractivity contribution < 1.29 is 104 Å². The van der Waals surface area contributed by atoms with Crippen LogP contribution in [0.5, 0.6) is 0 Å². The Balaban J connectivity index is 0.00000265. The predicted molar refractivity (Wildman–Crippen MR) is 296 cm³/mol. The third-order valence-corrected chi connectivity index (χ3v) is 13.4. The van der Waals surface area contributed by atoms with Crippen LogP contribution in [0, 0.1) is 17.0 Å². The summed E-state index contributed by atoms with van der Waals surface area (Å²) < 4.78 is 63.6. The summed E-state index contributed by atoms with van der Waals surface area (Å²) in [6.45, 7) is 8.23. The second-order valence-corrected chi connectivity index (χ2v) is 21.8. The summed E-state index contributed by atoms with van der Waals surface area (Å²) in [6.07, 6.45) is -5.97. The number of hydroxylamine groups is 2. The third kappa shape index (κ3) is 24.5. The zero-order chi connectivity index (χ0) is 65.5. The fourth-order valence-corrected chi connectivity index (χ4v) is 9.15. The molecule has 0 saturated carbocycles. The molecule has 1 saturated heterocycles. The van der Waals surface area contributed by atoms with Crippen LogP contribution >= 0.6 is 11.8 Å². The van der Waals surface area contributed by atoms with E-state index in [4.69, 9.17) is 25.6 Å². The Hall–Kier alpha value is -8.97. The molecule has 2 heterocycles. The van der Waals surface area contributed by atoms with Gasteiger partial charge in [0.1, 0.15) is 35.8 Å². The number of carbonyl (C=O) groups is 13. The van der Waals surface area contributed by atoms with Crippen LogP contribution in [0.2, 0.25) is 0 Å². The van der Waals surface area contributed by atoms with Crippen LogP contribution in [0.4, 0.5) is 22.0 Å². The number of imide groups is 1. The number of hydrogen-bond donors (Lipinski definition) is 9. The van der Waals surface area contributed by atoms with Crippen molar-refractivity contribution in [1.82, 2.24) is 41.1 Å². The molecule has 87 heavy (non-hydrogen) atoms. The molecular formula is C55H68F5N9O17S. The van der Waals surface area contributed by atoms with E-state index in [1.807, 2.05) is 55.7 Å². The molecular weight excluding hydrogens is 1190 g/mol. The smallest absolute Gasteiger partial charge is 0.481 e. The number of nitrogens with zero attached hydrogens (tertiary/aromatic N) is 3. The van der Waals surface area contributed by atoms with E-state index in [1.54, 1.807) is 17.2 Å². The summed E-state index contributed by atoms with van der Waals surface area (Å²) in [5.41, 5.74) is 6.29. The molecule has 2 aromatic carbocycles. The van der Waals surface area contributed by atoms with Gasteiger partial charge < -0.3 is 61.9 Å². The minimum absolute atomic E-state index is 0.0113. The maximum atomic E-state index is 15.4. The highest BCUT2D eigenvalue weighted by molar-refractivity contribution is 7.99. The first-order chi connectivity index (χ1) is 40.6. The van der Waals surface area contributed by atoms with E-state index in [-0.39, 0.29) is 81.6 Å². The number of carboxylic acids is 3. The summed E-state index contributed by atoms with van der Waals surface area (Å²) in [5, 5.41) is 37.9. The number of carbonyl (C=O) groups excluding carboxylic acids is 10. The lowest BCUT2D eigenvalue weighted by Gasteiger charge is -2.41. The second-order valence-electron chi connectivity index (χ2n) is 20.7. The lowest BCUT2D eigenvalue weighted by molar-refractivity contribution is -0.197. The predicted octanol–water partition coefficient (Wildman–Crippen LogP) is 2.85. The van der Waals surface area contributed by atoms with Gasteiger partial charge in [-0.05, 0) is 61.9 Å².